The number of aromatic nitrogens is 2. The van der Waals surface area contributed by atoms with Gasteiger partial charge >= 0.3 is 7.12 Å². The van der Waals surface area contributed by atoms with E-state index in [9.17, 15) is 10.0 Å². The summed E-state index contributed by atoms with van der Waals surface area (Å²) in [6, 6.07) is 7.13. The summed E-state index contributed by atoms with van der Waals surface area (Å²) in [5.74, 6) is 1.07. The molecule has 7 heteroatoms. The van der Waals surface area contributed by atoms with Crippen LogP contribution in [-0.2, 0) is 5.75 Å². The van der Waals surface area contributed by atoms with Crippen LogP contribution in [0.2, 0.25) is 0 Å². The van der Waals surface area contributed by atoms with Gasteiger partial charge in [-0.25, -0.2) is 0 Å². The molecule has 0 spiro atoms. The van der Waals surface area contributed by atoms with Crippen LogP contribution in [0.15, 0.2) is 33.9 Å². The van der Waals surface area contributed by atoms with E-state index >= 15 is 0 Å². The molecule has 0 fully saturated rings. The zero-order valence-corrected chi connectivity index (χ0v) is 10.0. The van der Waals surface area contributed by atoms with Crippen molar-refractivity contribution in [2.45, 2.75) is 17.9 Å². The van der Waals surface area contributed by atoms with Crippen LogP contribution >= 0.6 is 11.8 Å². The van der Waals surface area contributed by atoms with Crippen LogP contribution in [0.3, 0.4) is 0 Å². The number of rotatable bonds is 4. The van der Waals surface area contributed by atoms with E-state index in [-0.39, 0.29) is 0 Å². The van der Waals surface area contributed by atoms with Gasteiger partial charge in [0.15, 0.2) is 0 Å². The van der Waals surface area contributed by atoms with Crippen LogP contribution in [-0.4, -0.2) is 27.4 Å². The van der Waals surface area contributed by atoms with Crippen LogP contribution in [0.1, 0.15) is 11.5 Å². The number of benzene rings is 1. The fraction of sp³-hybridized carbons (Fsp3) is 0.200. The standard InChI is InChI=1S/C10H11BN2O3S/c1-7-12-13-10(16-7)17-6-8-4-2-3-5-9(8)11(14)15/h2-5,14-15H,6H2,1H3. The highest BCUT2D eigenvalue weighted by molar-refractivity contribution is 7.98. The van der Waals surface area contributed by atoms with E-state index in [0.29, 0.717) is 22.3 Å². The molecule has 1 heterocycles. The Balaban J connectivity index is 2.08. The zero-order chi connectivity index (χ0) is 12.3. The molecule has 0 atom stereocenters. The largest absolute Gasteiger partial charge is 0.488 e. The Hall–Kier alpha value is -1.31. The molecular weight excluding hydrogens is 239 g/mol. The fourth-order valence-corrected chi connectivity index (χ4v) is 2.21. The van der Waals surface area contributed by atoms with Gasteiger partial charge in [-0.05, 0) is 11.0 Å². The van der Waals surface area contributed by atoms with Gasteiger partial charge in [0.2, 0.25) is 5.89 Å². The van der Waals surface area contributed by atoms with Crippen molar-refractivity contribution in [3.05, 3.63) is 35.7 Å². The molecule has 0 unspecified atom stereocenters. The maximum atomic E-state index is 9.20. The minimum atomic E-state index is -1.46. The predicted molar refractivity (Wildman–Crippen MR) is 64.9 cm³/mol. The molecule has 0 bridgehead atoms. The first-order valence-corrected chi connectivity index (χ1v) is 6.02. The van der Waals surface area contributed by atoms with Gasteiger partial charge in [0.05, 0.1) is 0 Å². The number of nitrogens with zero attached hydrogens (tertiary/aromatic N) is 2. The van der Waals surface area contributed by atoms with Crippen molar-refractivity contribution in [3.63, 3.8) is 0 Å². The fourth-order valence-electron chi connectivity index (χ4n) is 1.39. The van der Waals surface area contributed by atoms with Crippen LogP contribution in [0.25, 0.3) is 0 Å². The number of hydrogen-bond acceptors (Lipinski definition) is 6. The second-order valence-electron chi connectivity index (χ2n) is 3.45. The molecule has 0 aliphatic rings. The highest BCUT2D eigenvalue weighted by Gasteiger charge is 2.15. The van der Waals surface area contributed by atoms with Gasteiger partial charge in [0, 0.05) is 12.7 Å². The van der Waals surface area contributed by atoms with E-state index in [1.54, 1.807) is 19.1 Å². The molecule has 0 saturated heterocycles. The summed E-state index contributed by atoms with van der Waals surface area (Å²) in [4.78, 5) is 0. The minimum Gasteiger partial charge on any atom is -0.423 e. The van der Waals surface area contributed by atoms with E-state index in [0.717, 1.165) is 5.56 Å². The average molecular weight is 250 g/mol. The molecule has 5 nitrogen and oxygen atoms in total. The Kier molecular flexibility index (Phi) is 3.83. The normalized spacial score (nSPS) is 10.5. The average Bonchev–Trinajstić information content (AvgIpc) is 2.73. The van der Waals surface area contributed by atoms with Crippen molar-refractivity contribution in [2.24, 2.45) is 0 Å². The molecule has 0 amide bonds. The Morgan fingerprint density at radius 3 is 2.71 bits per heavy atom. The minimum absolute atomic E-state index is 0.477. The first-order chi connectivity index (χ1) is 8.16. The van der Waals surface area contributed by atoms with Gasteiger partial charge in [0.1, 0.15) is 0 Å². The first kappa shape index (κ1) is 12.2. The summed E-state index contributed by atoms with van der Waals surface area (Å²) in [6.07, 6.45) is 0. The molecule has 0 aliphatic carbocycles. The Morgan fingerprint density at radius 1 is 1.29 bits per heavy atom. The Morgan fingerprint density at radius 2 is 2.06 bits per heavy atom. The summed E-state index contributed by atoms with van der Waals surface area (Å²) in [7, 11) is -1.46. The molecule has 1 aromatic carbocycles. The Labute approximate surface area is 103 Å². The molecule has 2 rings (SSSR count). The summed E-state index contributed by atoms with van der Waals surface area (Å²) in [6.45, 7) is 1.72. The van der Waals surface area contributed by atoms with E-state index in [4.69, 9.17) is 4.42 Å². The van der Waals surface area contributed by atoms with Gasteiger partial charge in [0.25, 0.3) is 5.22 Å². The Bertz CT molecular complexity index is 504. The van der Waals surface area contributed by atoms with Crippen molar-refractivity contribution in [3.8, 4) is 0 Å². The third-order valence-electron chi connectivity index (χ3n) is 2.19. The second kappa shape index (κ2) is 5.35. The molecule has 88 valence electrons. The highest BCUT2D eigenvalue weighted by Crippen LogP contribution is 2.20. The van der Waals surface area contributed by atoms with Crippen LogP contribution < -0.4 is 5.46 Å². The lowest BCUT2D eigenvalue weighted by molar-refractivity contribution is 0.425. The predicted octanol–water partition coefficient (Wildman–Crippen LogP) is 0.350. The van der Waals surface area contributed by atoms with Crippen molar-refractivity contribution in [2.75, 3.05) is 0 Å². The highest BCUT2D eigenvalue weighted by atomic mass is 32.2. The number of thioether (sulfide) groups is 1. The van der Waals surface area contributed by atoms with E-state index in [1.807, 2.05) is 12.1 Å². The molecule has 2 N–H and O–H groups in total. The first-order valence-electron chi connectivity index (χ1n) is 5.03. The second-order valence-corrected chi connectivity index (χ2v) is 4.37. The van der Waals surface area contributed by atoms with E-state index in [1.165, 1.54) is 11.8 Å². The monoisotopic (exact) mass is 250 g/mol. The lowest BCUT2D eigenvalue weighted by Gasteiger charge is -2.06. The number of hydrogen-bond donors (Lipinski definition) is 2. The van der Waals surface area contributed by atoms with Gasteiger partial charge in [-0.15, -0.1) is 10.2 Å². The van der Waals surface area contributed by atoms with Crippen LogP contribution in [0, 0.1) is 6.92 Å². The quantitative estimate of drug-likeness (QED) is 0.602. The summed E-state index contributed by atoms with van der Waals surface area (Å²) >= 11 is 1.36. The summed E-state index contributed by atoms with van der Waals surface area (Å²) in [5.41, 5.74) is 1.33. The van der Waals surface area contributed by atoms with Crippen molar-refractivity contribution in [1.29, 1.82) is 0 Å². The van der Waals surface area contributed by atoms with Crippen molar-refractivity contribution >= 4 is 24.3 Å². The molecule has 17 heavy (non-hydrogen) atoms. The van der Waals surface area contributed by atoms with Crippen molar-refractivity contribution < 1.29 is 14.5 Å². The SMILES string of the molecule is Cc1nnc(SCc2ccccc2B(O)O)o1. The zero-order valence-electron chi connectivity index (χ0n) is 9.20. The van der Waals surface area contributed by atoms with E-state index < -0.39 is 7.12 Å². The molecule has 0 radical (unpaired) electrons. The van der Waals surface area contributed by atoms with Crippen LogP contribution in [0.5, 0.6) is 0 Å². The molecular formula is C10H11BN2O3S. The number of aryl methyl sites for hydroxylation is 1. The lowest BCUT2D eigenvalue weighted by atomic mass is 9.77. The van der Waals surface area contributed by atoms with Gasteiger partial charge in [-0.2, -0.15) is 0 Å². The molecule has 0 aliphatic heterocycles. The maximum Gasteiger partial charge on any atom is 0.488 e. The van der Waals surface area contributed by atoms with E-state index in [2.05, 4.69) is 10.2 Å². The molecule has 1 aromatic heterocycles. The third kappa shape index (κ3) is 3.09. The maximum absolute atomic E-state index is 9.20. The lowest BCUT2D eigenvalue weighted by Crippen LogP contribution is -2.32. The molecule has 0 saturated carbocycles. The smallest absolute Gasteiger partial charge is 0.423 e. The summed E-state index contributed by atoms with van der Waals surface area (Å²) < 4.78 is 5.22. The molecule has 2 aromatic rings. The third-order valence-corrected chi connectivity index (χ3v) is 3.06. The van der Waals surface area contributed by atoms with Crippen molar-refractivity contribution in [1.82, 2.24) is 10.2 Å². The van der Waals surface area contributed by atoms with Gasteiger partial charge in [-0.1, -0.05) is 36.0 Å². The van der Waals surface area contributed by atoms with Gasteiger partial charge in [-0.3, -0.25) is 0 Å². The topological polar surface area (TPSA) is 79.4 Å². The van der Waals surface area contributed by atoms with Crippen LogP contribution in [0.4, 0.5) is 0 Å². The summed E-state index contributed by atoms with van der Waals surface area (Å²) in [5, 5.41) is 26.5. The van der Waals surface area contributed by atoms with Gasteiger partial charge < -0.3 is 14.5 Å².